The van der Waals surface area contributed by atoms with Crippen molar-refractivity contribution in [2.24, 2.45) is 23.2 Å². The first-order valence-corrected chi connectivity index (χ1v) is 11.6. The minimum atomic E-state index is -0.316. The first kappa shape index (κ1) is 18.7. The van der Waals surface area contributed by atoms with Crippen LogP contribution in [0.3, 0.4) is 0 Å². The number of aryl methyl sites for hydroxylation is 1. The molecular formula is C23H29BrN2O2. The summed E-state index contributed by atoms with van der Waals surface area (Å²) < 4.78 is 1.00. The summed E-state index contributed by atoms with van der Waals surface area (Å²) in [5.41, 5.74) is 1.70. The van der Waals surface area contributed by atoms with Gasteiger partial charge in [-0.05, 0) is 99.8 Å². The van der Waals surface area contributed by atoms with Crippen LogP contribution in [0.1, 0.15) is 56.9 Å². The molecule has 6 rings (SSSR count). The molecule has 1 N–H and O–H groups in total. The van der Waals surface area contributed by atoms with Crippen LogP contribution in [0.2, 0.25) is 0 Å². The van der Waals surface area contributed by atoms with Crippen molar-refractivity contribution in [1.29, 1.82) is 0 Å². The maximum Gasteiger partial charge on any atom is 0.247 e. The number of rotatable bonds is 3. The molecule has 2 amide bonds. The van der Waals surface area contributed by atoms with E-state index in [2.05, 4.69) is 21.2 Å². The smallest absolute Gasteiger partial charge is 0.247 e. The molecule has 0 aromatic heterocycles. The third-order valence-corrected chi connectivity index (χ3v) is 8.25. The zero-order valence-electron chi connectivity index (χ0n) is 16.5. The molecule has 150 valence electrons. The quantitative estimate of drug-likeness (QED) is 0.719. The highest BCUT2D eigenvalue weighted by molar-refractivity contribution is 9.10. The predicted molar refractivity (Wildman–Crippen MR) is 113 cm³/mol. The molecule has 1 atom stereocenters. The van der Waals surface area contributed by atoms with Crippen LogP contribution in [0.25, 0.3) is 0 Å². The monoisotopic (exact) mass is 444 g/mol. The molecule has 0 spiro atoms. The molecule has 5 aliphatic rings. The summed E-state index contributed by atoms with van der Waals surface area (Å²) in [7, 11) is 0. The lowest BCUT2D eigenvalue weighted by Gasteiger charge is -2.56. The van der Waals surface area contributed by atoms with Gasteiger partial charge in [-0.3, -0.25) is 9.59 Å². The first-order chi connectivity index (χ1) is 13.4. The van der Waals surface area contributed by atoms with E-state index < -0.39 is 0 Å². The Hall–Kier alpha value is -1.36. The zero-order chi connectivity index (χ0) is 19.5. The molecular weight excluding hydrogens is 416 g/mol. The van der Waals surface area contributed by atoms with E-state index in [4.69, 9.17) is 0 Å². The summed E-state index contributed by atoms with van der Waals surface area (Å²) in [6.07, 6.45) is 8.89. The van der Waals surface area contributed by atoms with E-state index in [0.29, 0.717) is 0 Å². The number of benzene rings is 1. The molecule has 4 bridgehead atoms. The van der Waals surface area contributed by atoms with Crippen molar-refractivity contribution in [3.63, 3.8) is 0 Å². The van der Waals surface area contributed by atoms with Gasteiger partial charge in [-0.2, -0.15) is 0 Å². The Morgan fingerprint density at radius 2 is 1.75 bits per heavy atom. The van der Waals surface area contributed by atoms with E-state index in [0.717, 1.165) is 72.1 Å². The summed E-state index contributed by atoms with van der Waals surface area (Å²) in [4.78, 5) is 28.7. The number of nitrogens with zero attached hydrogens (tertiary/aromatic N) is 1. The van der Waals surface area contributed by atoms with Crippen LogP contribution in [0.15, 0.2) is 22.7 Å². The second kappa shape index (κ2) is 6.86. The highest BCUT2D eigenvalue weighted by Gasteiger charge is 2.56. The molecule has 4 nitrogen and oxygen atoms in total. The molecule has 1 heterocycles. The number of hydrogen-bond donors (Lipinski definition) is 1. The van der Waals surface area contributed by atoms with Crippen LogP contribution >= 0.6 is 15.9 Å². The van der Waals surface area contributed by atoms with E-state index in [1.165, 1.54) is 19.3 Å². The summed E-state index contributed by atoms with van der Waals surface area (Å²) in [6.45, 7) is 2.73. The lowest BCUT2D eigenvalue weighted by atomic mass is 9.49. The van der Waals surface area contributed by atoms with Gasteiger partial charge in [-0.25, -0.2) is 0 Å². The lowest BCUT2D eigenvalue weighted by molar-refractivity contribution is -0.160. The number of carbonyl (C=O) groups is 2. The number of hydrogen-bond acceptors (Lipinski definition) is 2. The van der Waals surface area contributed by atoms with Gasteiger partial charge in [-0.15, -0.1) is 0 Å². The van der Waals surface area contributed by atoms with Gasteiger partial charge in [0.15, 0.2) is 0 Å². The van der Waals surface area contributed by atoms with Crippen molar-refractivity contribution in [2.75, 3.05) is 11.9 Å². The maximum atomic E-state index is 13.7. The Bertz CT molecular complexity index is 786. The lowest BCUT2D eigenvalue weighted by Crippen LogP contribution is -2.56. The van der Waals surface area contributed by atoms with E-state index in [9.17, 15) is 9.59 Å². The van der Waals surface area contributed by atoms with Gasteiger partial charge in [0.1, 0.15) is 6.04 Å². The Kier molecular flexibility index (Phi) is 4.57. The van der Waals surface area contributed by atoms with Gasteiger partial charge in [-0.1, -0.05) is 15.9 Å². The molecule has 4 aliphatic carbocycles. The zero-order valence-corrected chi connectivity index (χ0v) is 18.1. The first-order valence-electron chi connectivity index (χ1n) is 10.8. The van der Waals surface area contributed by atoms with Crippen LogP contribution in [0, 0.1) is 30.1 Å². The van der Waals surface area contributed by atoms with Crippen molar-refractivity contribution in [1.82, 2.24) is 4.90 Å². The summed E-state index contributed by atoms with van der Waals surface area (Å²) >= 11 is 3.47. The van der Waals surface area contributed by atoms with Crippen molar-refractivity contribution in [2.45, 2.75) is 64.3 Å². The Labute approximate surface area is 175 Å². The third-order valence-electron chi connectivity index (χ3n) is 7.75. The van der Waals surface area contributed by atoms with Gasteiger partial charge in [0.05, 0.1) is 5.41 Å². The maximum absolute atomic E-state index is 13.7. The van der Waals surface area contributed by atoms with Crippen molar-refractivity contribution in [3.8, 4) is 0 Å². The summed E-state index contributed by atoms with van der Waals surface area (Å²) in [5, 5.41) is 3.08. The van der Waals surface area contributed by atoms with Crippen LogP contribution in [0.5, 0.6) is 0 Å². The van der Waals surface area contributed by atoms with Gasteiger partial charge in [0.2, 0.25) is 11.8 Å². The van der Waals surface area contributed by atoms with Crippen LogP contribution in [-0.4, -0.2) is 29.3 Å². The molecule has 0 radical (unpaired) electrons. The van der Waals surface area contributed by atoms with Crippen molar-refractivity contribution >= 4 is 33.4 Å². The van der Waals surface area contributed by atoms with E-state index >= 15 is 0 Å². The van der Waals surface area contributed by atoms with Crippen LogP contribution in [0.4, 0.5) is 5.69 Å². The largest absolute Gasteiger partial charge is 0.330 e. The summed E-state index contributed by atoms with van der Waals surface area (Å²) in [6, 6.07) is 5.55. The summed E-state index contributed by atoms with van der Waals surface area (Å²) in [5.74, 6) is 2.50. The Balaban J connectivity index is 1.34. The third kappa shape index (κ3) is 3.10. The van der Waals surface area contributed by atoms with E-state index in [1.54, 1.807) is 0 Å². The fourth-order valence-electron chi connectivity index (χ4n) is 6.94. The molecule has 4 saturated carbocycles. The van der Waals surface area contributed by atoms with E-state index in [1.807, 2.05) is 30.0 Å². The number of likely N-dealkylation sites (tertiary alicyclic amines) is 1. The topological polar surface area (TPSA) is 49.4 Å². The standard InChI is InChI=1S/C23H29BrN2O2/c1-14-7-18(24)4-5-19(14)25-21(27)20-3-2-6-26(20)22(28)23-11-15-8-16(12-23)10-17(9-15)13-23/h4-5,7,15-17,20H,2-3,6,8-13H2,1H3,(H,25,27)/t15?,16?,17?,20-,23?/m0/s1. The molecule has 28 heavy (non-hydrogen) atoms. The average molecular weight is 445 g/mol. The highest BCUT2D eigenvalue weighted by Crippen LogP contribution is 2.60. The molecule has 1 aromatic carbocycles. The number of carbonyl (C=O) groups excluding carboxylic acids is 2. The van der Waals surface area contributed by atoms with Crippen LogP contribution in [-0.2, 0) is 9.59 Å². The fraction of sp³-hybridized carbons (Fsp3) is 0.652. The van der Waals surface area contributed by atoms with Crippen LogP contribution < -0.4 is 5.32 Å². The SMILES string of the molecule is Cc1cc(Br)ccc1NC(=O)[C@@H]1CCCN1C(=O)C12CC3CC(CC(C3)C1)C2. The van der Waals surface area contributed by atoms with Gasteiger partial charge < -0.3 is 10.2 Å². The number of anilines is 1. The molecule has 5 fully saturated rings. The minimum Gasteiger partial charge on any atom is -0.330 e. The molecule has 1 aliphatic heterocycles. The van der Waals surface area contributed by atoms with Gasteiger partial charge >= 0.3 is 0 Å². The second-order valence-corrected chi connectivity index (χ2v) is 10.7. The Morgan fingerprint density at radius 1 is 1.11 bits per heavy atom. The van der Waals surface area contributed by atoms with E-state index in [-0.39, 0.29) is 23.3 Å². The fourth-order valence-corrected chi connectivity index (χ4v) is 7.42. The number of halogens is 1. The normalized spacial score (nSPS) is 36.0. The second-order valence-electron chi connectivity index (χ2n) is 9.80. The molecule has 5 heteroatoms. The Morgan fingerprint density at radius 3 is 2.36 bits per heavy atom. The minimum absolute atomic E-state index is 0.0269. The van der Waals surface area contributed by atoms with Crippen molar-refractivity contribution < 1.29 is 9.59 Å². The predicted octanol–water partition coefficient (Wildman–Crippen LogP) is 4.90. The molecule has 0 unspecified atom stereocenters. The highest BCUT2D eigenvalue weighted by atomic mass is 79.9. The van der Waals surface area contributed by atoms with Crippen molar-refractivity contribution in [3.05, 3.63) is 28.2 Å². The molecule has 1 saturated heterocycles. The van der Waals surface area contributed by atoms with Gasteiger partial charge in [0.25, 0.3) is 0 Å². The van der Waals surface area contributed by atoms with Gasteiger partial charge in [0, 0.05) is 16.7 Å². The number of amides is 2. The molecule has 1 aromatic rings. The average Bonchev–Trinajstić information content (AvgIpc) is 3.12. The number of nitrogens with one attached hydrogen (secondary N) is 1.